The van der Waals surface area contributed by atoms with E-state index in [1.54, 1.807) is 0 Å². The van der Waals surface area contributed by atoms with E-state index in [1.807, 2.05) is 24.3 Å². The summed E-state index contributed by atoms with van der Waals surface area (Å²) in [5.41, 5.74) is 0.913. The van der Waals surface area contributed by atoms with Gasteiger partial charge < -0.3 is 14.6 Å². The molecule has 2 aliphatic rings. The number of piperidine rings is 1. The van der Waals surface area contributed by atoms with E-state index >= 15 is 0 Å². The third-order valence-electron chi connectivity index (χ3n) is 5.62. The minimum absolute atomic E-state index is 0.0101. The lowest BCUT2D eigenvalue weighted by atomic mass is 9.97. The highest BCUT2D eigenvalue weighted by Crippen LogP contribution is 2.22. The summed E-state index contributed by atoms with van der Waals surface area (Å²) < 4.78 is 11.8. The summed E-state index contributed by atoms with van der Waals surface area (Å²) in [6, 6.07) is 7.83. The molecule has 8 nitrogen and oxygen atoms in total. The maximum atomic E-state index is 12.6. The molecule has 1 aromatic carbocycles. The average molecular weight is 478 g/mol. The second-order valence-electron chi connectivity index (χ2n) is 7.84. The Morgan fingerprint density at radius 3 is 2.93 bits per heavy atom. The van der Waals surface area contributed by atoms with Gasteiger partial charge in [0.2, 0.25) is 17.6 Å². The molecular weight excluding hydrogens is 450 g/mol. The van der Waals surface area contributed by atoms with E-state index in [-0.39, 0.29) is 11.8 Å². The van der Waals surface area contributed by atoms with Crippen LogP contribution >= 0.6 is 15.9 Å². The summed E-state index contributed by atoms with van der Waals surface area (Å²) in [7, 11) is 0. The van der Waals surface area contributed by atoms with E-state index in [0.29, 0.717) is 24.8 Å². The van der Waals surface area contributed by atoms with Gasteiger partial charge in [0.05, 0.1) is 25.7 Å². The molecule has 1 aromatic heterocycles. The molecule has 9 heteroatoms. The third-order valence-corrected chi connectivity index (χ3v) is 6.11. The van der Waals surface area contributed by atoms with Crippen LogP contribution in [0, 0.1) is 5.92 Å². The summed E-state index contributed by atoms with van der Waals surface area (Å²) in [5.74, 6) is 1.32. The van der Waals surface area contributed by atoms with Gasteiger partial charge in [-0.05, 0) is 31.5 Å². The topological polar surface area (TPSA) is 83.7 Å². The van der Waals surface area contributed by atoms with Gasteiger partial charge >= 0.3 is 0 Å². The predicted octanol–water partition coefficient (Wildman–Crippen LogP) is 2.16. The van der Waals surface area contributed by atoms with Crippen molar-refractivity contribution < 1.29 is 14.1 Å². The molecule has 2 fully saturated rings. The number of likely N-dealkylation sites (tertiary alicyclic amines) is 1. The standard InChI is InChI=1S/C21H28BrN5O3/c22-18-5-1-3-16(13-18)20-24-19(30-25-20)15-27-7-2-4-17(14-27)21(28)23-6-8-26-9-11-29-12-10-26/h1,3,5,13,17H,2,4,6-12,14-15H2,(H,23,28). The minimum Gasteiger partial charge on any atom is -0.379 e. The number of benzene rings is 1. The van der Waals surface area contributed by atoms with Crippen LogP contribution in [0.4, 0.5) is 0 Å². The highest BCUT2D eigenvalue weighted by molar-refractivity contribution is 9.10. The zero-order valence-electron chi connectivity index (χ0n) is 17.1. The maximum absolute atomic E-state index is 12.6. The van der Waals surface area contributed by atoms with Crippen LogP contribution in [0.1, 0.15) is 18.7 Å². The number of amides is 1. The van der Waals surface area contributed by atoms with E-state index in [2.05, 4.69) is 41.2 Å². The Morgan fingerprint density at radius 2 is 2.10 bits per heavy atom. The number of nitrogens with one attached hydrogen (secondary N) is 1. The molecule has 1 atom stereocenters. The maximum Gasteiger partial charge on any atom is 0.241 e. The first kappa shape index (κ1) is 21.4. The van der Waals surface area contributed by atoms with Crippen molar-refractivity contribution in [3.05, 3.63) is 34.6 Å². The molecule has 1 N–H and O–H groups in total. The van der Waals surface area contributed by atoms with Crippen LogP contribution in [-0.2, 0) is 16.1 Å². The molecule has 0 spiro atoms. The number of carbonyl (C=O) groups excluding carboxylic acids is 1. The monoisotopic (exact) mass is 477 g/mol. The lowest BCUT2D eigenvalue weighted by molar-refractivity contribution is -0.126. The number of rotatable bonds is 7. The van der Waals surface area contributed by atoms with Crippen molar-refractivity contribution in [1.29, 1.82) is 0 Å². The van der Waals surface area contributed by atoms with Crippen molar-refractivity contribution in [3.63, 3.8) is 0 Å². The first-order chi connectivity index (χ1) is 14.7. The Kier molecular flexibility index (Phi) is 7.48. The lowest BCUT2D eigenvalue weighted by Crippen LogP contribution is -2.45. The second-order valence-corrected chi connectivity index (χ2v) is 8.76. The zero-order chi connectivity index (χ0) is 20.8. The van der Waals surface area contributed by atoms with E-state index in [0.717, 1.165) is 68.8 Å². The Bertz CT molecular complexity index is 840. The minimum atomic E-state index is 0.0101. The van der Waals surface area contributed by atoms with Crippen molar-refractivity contribution in [2.24, 2.45) is 5.92 Å². The Labute approximate surface area is 185 Å². The molecule has 0 radical (unpaired) electrons. The van der Waals surface area contributed by atoms with Crippen molar-refractivity contribution in [1.82, 2.24) is 25.3 Å². The summed E-state index contributed by atoms with van der Waals surface area (Å²) >= 11 is 3.47. The quantitative estimate of drug-likeness (QED) is 0.653. The molecule has 1 amide bonds. The van der Waals surface area contributed by atoms with Crippen molar-refractivity contribution >= 4 is 21.8 Å². The number of carbonyl (C=O) groups is 1. The molecule has 1 unspecified atom stereocenters. The summed E-state index contributed by atoms with van der Waals surface area (Å²) in [6.45, 7) is 7.25. The number of hydrogen-bond acceptors (Lipinski definition) is 7. The molecule has 162 valence electrons. The third kappa shape index (κ3) is 5.87. The normalized spacial score (nSPS) is 20.9. The van der Waals surface area contributed by atoms with E-state index < -0.39 is 0 Å². The fourth-order valence-electron chi connectivity index (χ4n) is 3.97. The van der Waals surface area contributed by atoms with Gasteiger partial charge in [-0.15, -0.1) is 0 Å². The number of halogens is 1. The molecule has 4 rings (SSSR count). The van der Waals surface area contributed by atoms with Crippen LogP contribution in [-0.4, -0.2) is 78.3 Å². The number of morpholine rings is 1. The fourth-order valence-corrected chi connectivity index (χ4v) is 4.37. The van der Waals surface area contributed by atoms with Gasteiger partial charge in [0.25, 0.3) is 0 Å². The molecule has 0 saturated carbocycles. The van der Waals surface area contributed by atoms with Crippen molar-refractivity contribution in [2.45, 2.75) is 19.4 Å². The molecule has 2 aromatic rings. The highest BCUT2D eigenvalue weighted by Gasteiger charge is 2.27. The van der Waals surface area contributed by atoms with Gasteiger partial charge in [-0.1, -0.05) is 33.2 Å². The van der Waals surface area contributed by atoms with E-state index in [4.69, 9.17) is 9.26 Å². The summed E-state index contributed by atoms with van der Waals surface area (Å²) in [5, 5.41) is 7.22. The predicted molar refractivity (Wildman–Crippen MR) is 116 cm³/mol. The Hall–Kier alpha value is -1.81. The molecule has 2 saturated heterocycles. The first-order valence-electron chi connectivity index (χ1n) is 10.6. The van der Waals surface area contributed by atoms with Gasteiger partial charge in [-0.25, -0.2) is 0 Å². The highest BCUT2D eigenvalue weighted by atomic mass is 79.9. The van der Waals surface area contributed by atoms with Crippen LogP contribution in [0.3, 0.4) is 0 Å². The zero-order valence-corrected chi connectivity index (χ0v) is 18.6. The SMILES string of the molecule is O=C(NCCN1CCOCC1)C1CCCN(Cc2nc(-c3cccc(Br)c3)no2)C1. The average Bonchev–Trinajstić information content (AvgIpc) is 3.23. The molecule has 3 heterocycles. The van der Waals surface area contributed by atoms with E-state index in [9.17, 15) is 4.79 Å². The van der Waals surface area contributed by atoms with Gasteiger partial charge in [0, 0.05) is 42.8 Å². The van der Waals surface area contributed by atoms with Gasteiger partial charge in [0.15, 0.2) is 0 Å². The van der Waals surface area contributed by atoms with Crippen LogP contribution in [0.5, 0.6) is 0 Å². The van der Waals surface area contributed by atoms with Crippen molar-refractivity contribution in [3.8, 4) is 11.4 Å². The fraction of sp³-hybridized carbons (Fsp3) is 0.571. The summed E-state index contributed by atoms with van der Waals surface area (Å²) in [6.07, 6.45) is 1.92. The second kappa shape index (κ2) is 10.5. The largest absolute Gasteiger partial charge is 0.379 e. The van der Waals surface area contributed by atoms with Crippen LogP contribution < -0.4 is 5.32 Å². The van der Waals surface area contributed by atoms with Gasteiger partial charge in [0.1, 0.15) is 0 Å². The molecular formula is C21H28BrN5O3. The van der Waals surface area contributed by atoms with Crippen molar-refractivity contribution in [2.75, 3.05) is 52.5 Å². The first-order valence-corrected chi connectivity index (χ1v) is 11.4. The van der Waals surface area contributed by atoms with Crippen LogP contribution in [0.2, 0.25) is 0 Å². The van der Waals surface area contributed by atoms with Gasteiger partial charge in [-0.3, -0.25) is 14.6 Å². The molecule has 2 aliphatic heterocycles. The van der Waals surface area contributed by atoms with Crippen LogP contribution in [0.15, 0.2) is 33.3 Å². The van der Waals surface area contributed by atoms with E-state index in [1.165, 1.54) is 0 Å². The molecule has 30 heavy (non-hydrogen) atoms. The summed E-state index contributed by atoms with van der Waals surface area (Å²) in [4.78, 5) is 21.7. The molecule has 0 bridgehead atoms. The lowest BCUT2D eigenvalue weighted by Gasteiger charge is -2.31. The molecule has 0 aliphatic carbocycles. The number of nitrogens with zero attached hydrogens (tertiary/aromatic N) is 4. The van der Waals surface area contributed by atoms with Gasteiger partial charge in [-0.2, -0.15) is 4.98 Å². The smallest absolute Gasteiger partial charge is 0.241 e. The number of hydrogen-bond donors (Lipinski definition) is 1. The van der Waals surface area contributed by atoms with Crippen LogP contribution in [0.25, 0.3) is 11.4 Å². The number of ether oxygens (including phenoxy) is 1. The number of aromatic nitrogens is 2. The Morgan fingerprint density at radius 1 is 1.23 bits per heavy atom. The Balaban J connectivity index is 1.25.